The number of carbonyl (C=O) groups excluding carboxylic acids is 1. The number of hydrogen-bond acceptors (Lipinski definition) is 5. The van der Waals surface area contributed by atoms with Crippen LogP contribution in [0.2, 0.25) is 0 Å². The number of likely N-dealkylation sites (N-methyl/N-ethyl adjacent to an activating group) is 1. The summed E-state index contributed by atoms with van der Waals surface area (Å²) in [4.78, 5) is 11.6. The van der Waals surface area contributed by atoms with Gasteiger partial charge in [-0.05, 0) is 26.1 Å². The van der Waals surface area contributed by atoms with Gasteiger partial charge in [-0.15, -0.1) is 12.4 Å². The number of nitrogens with one attached hydrogen (secondary N) is 1. The average Bonchev–Trinajstić information content (AvgIpc) is 2.43. The van der Waals surface area contributed by atoms with Crippen molar-refractivity contribution in [2.24, 2.45) is 0 Å². The third kappa shape index (κ3) is 6.23. The van der Waals surface area contributed by atoms with Crippen LogP contribution in [0.3, 0.4) is 0 Å². The molecule has 0 fully saturated rings. The van der Waals surface area contributed by atoms with E-state index in [-0.39, 0.29) is 12.4 Å². The number of carbonyl (C=O) groups is 1. The molecule has 0 amide bonds. The Balaban J connectivity index is 0.00000361. The lowest BCUT2D eigenvalue weighted by atomic mass is 10.1. The van der Waals surface area contributed by atoms with Gasteiger partial charge in [0.1, 0.15) is 17.9 Å². The van der Waals surface area contributed by atoms with Crippen LogP contribution in [0.1, 0.15) is 15.9 Å². The number of benzene rings is 1. The van der Waals surface area contributed by atoms with Crippen LogP contribution in [0, 0.1) is 6.92 Å². The van der Waals surface area contributed by atoms with Crippen LogP contribution in [0.5, 0.6) is 5.75 Å². The first-order chi connectivity index (χ1) is 9.19. The number of aryl methyl sites for hydroxylation is 1. The second-order valence-electron chi connectivity index (χ2n) is 4.06. The van der Waals surface area contributed by atoms with Crippen LogP contribution in [0.4, 0.5) is 0 Å². The molecule has 0 atom stereocenters. The molecule has 0 unspecified atom stereocenters. The summed E-state index contributed by atoms with van der Waals surface area (Å²) in [5.41, 5.74) is 1.43. The summed E-state index contributed by atoms with van der Waals surface area (Å²) in [5.74, 6) is 0.129. The van der Waals surface area contributed by atoms with Crippen molar-refractivity contribution in [3.63, 3.8) is 0 Å². The number of esters is 1. The molecule has 0 radical (unpaired) electrons. The van der Waals surface area contributed by atoms with Gasteiger partial charge in [-0.2, -0.15) is 0 Å². The Hall–Kier alpha value is -1.30. The maximum absolute atomic E-state index is 11.6. The van der Waals surface area contributed by atoms with E-state index in [2.05, 4.69) is 5.32 Å². The topological polar surface area (TPSA) is 56.8 Å². The second kappa shape index (κ2) is 10.5. The minimum absolute atomic E-state index is 0. The molecule has 0 spiro atoms. The smallest absolute Gasteiger partial charge is 0.341 e. The Bertz CT molecular complexity index is 412. The Kier molecular flexibility index (Phi) is 9.80. The fraction of sp³-hybridized carbons (Fsp3) is 0.500. The zero-order valence-electron chi connectivity index (χ0n) is 12.1. The fourth-order valence-electron chi connectivity index (χ4n) is 1.53. The maximum Gasteiger partial charge on any atom is 0.341 e. The van der Waals surface area contributed by atoms with Gasteiger partial charge in [0, 0.05) is 6.54 Å². The van der Waals surface area contributed by atoms with Gasteiger partial charge >= 0.3 is 5.97 Å². The molecule has 0 aliphatic rings. The van der Waals surface area contributed by atoms with Crippen LogP contribution in [-0.4, -0.2) is 46.5 Å². The summed E-state index contributed by atoms with van der Waals surface area (Å²) >= 11 is 0. The number of rotatable bonds is 8. The molecule has 1 aromatic carbocycles. The lowest BCUT2D eigenvalue weighted by Crippen LogP contribution is -2.17. The Morgan fingerprint density at radius 3 is 2.65 bits per heavy atom. The Morgan fingerprint density at radius 2 is 2.00 bits per heavy atom. The summed E-state index contributed by atoms with van der Waals surface area (Å²) in [7, 11) is 3.23. The van der Waals surface area contributed by atoms with Gasteiger partial charge in [-0.1, -0.05) is 11.6 Å². The van der Waals surface area contributed by atoms with Gasteiger partial charge in [0.2, 0.25) is 0 Å². The lowest BCUT2D eigenvalue weighted by molar-refractivity contribution is 0.0591. The number of ether oxygens (including phenoxy) is 3. The monoisotopic (exact) mass is 303 g/mol. The highest BCUT2D eigenvalue weighted by Crippen LogP contribution is 2.20. The van der Waals surface area contributed by atoms with Crippen molar-refractivity contribution < 1.29 is 19.0 Å². The molecular formula is C14H22ClNO4. The molecule has 114 valence electrons. The van der Waals surface area contributed by atoms with Crippen molar-refractivity contribution in [3.05, 3.63) is 29.3 Å². The van der Waals surface area contributed by atoms with E-state index < -0.39 is 5.97 Å². The number of halogens is 1. The molecule has 0 aliphatic heterocycles. The number of hydrogen-bond donors (Lipinski definition) is 1. The van der Waals surface area contributed by atoms with Crippen LogP contribution in [-0.2, 0) is 9.47 Å². The zero-order valence-corrected chi connectivity index (χ0v) is 12.9. The molecular weight excluding hydrogens is 282 g/mol. The van der Waals surface area contributed by atoms with Gasteiger partial charge in [0.05, 0.1) is 20.3 Å². The largest absolute Gasteiger partial charge is 0.490 e. The maximum atomic E-state index is 11.6. The summed E-state index contributed by atoms with van der Waals surface area (Å²) in [5, 5.41) is 2.99. The van der Waals surface area contributed by atoms with Gasteiger partial charge in [-0.25, -0.2) is 4.79 Å². The normalized spacial score (nSPS) is 9.75. The summed E-state index contributed by atoms with van der Waals surface area (Å²) in [6.45, 7) is 4.24. The van der Waals surface area contributed by atoms with E-state index in [9.17, 15) is 4.79 Å². The fourth-order valence-corrected chi connectivity index (χ4v) is 1.53. The molecule has 6 heteroatoms. The van der Waals surface area contributed by atoms with E-state index in [1.807, 2.05) is 20.0 Å². The summed E-state index contributed by atoms with van der Waals surface area (Å²) in [6, 6.07) is 5.42. The Labute approximate surface area is 126 Å². The highest BCUT2D eigenvalue weighted by Gasteiger charge is 2.13. The van der Waals surface area contributed by atoms with Gasteiger partial charge in [-0.3, -0.25) is 0 Å². The molecule has 0 heterocycles. The van der Waals surface area contributed by atoms with E-state index >= 15 is 0 Å². The van der Waals surface area contributed by atoms with Crippen molar-refractivity contribution in [1.29, 1.82) is 0 Å². The minimum Gasteiger partial charge on any atom is -0.490 e. The molecule has 5 nitrogen and oxygen atoms in total. The summed E-state index contributed by atoms with van der Waals surface area (Å²) < 4.78 is 15.6. The standard InChI is InChI=1S/C14H21NO4.ClH/c1-11-4-5-13(12(10-11)14(16)17-3)19-9-8-18-7-6-15-2;/h4-5,10,15H,6-9H2,1-3H3;1H. The van der Waals surface area contributed by atoms with E-state index in [1.54, 1.807) is 12.1 Å². The first-order valence-electron chi connectivity index (χ1n) is 6.23. The van der Waals surface area contributed by atoms with Crippen molar-refractivity contribution in [2.75, 3.05) is 40.5 Å². The van der Waals surface area contributed by atoms with Crippen LogP contribution >= 0.6 is 12.4 Å². The molecule has 20 heavy (non-hydrogen) atoms. The molecule has 0 bridgehead atoms. The molecule has 0 saturated carbocycles. The molecule has 1 aromatic rings. The van der Waals surface area contributed by atoms with Crippen molar-refractivity contribution in [1.82, 2.24) is 5.32 Å². The average molecular weight is 304 g/mol. The predicted molar refractivity (Wildman–Crippen MR) is 80.0 cm³/mol. The lowest BCUT2D eigenvalue weighted by Gasteiger charge is -2.11. The van der Waals surface area contributed by atoms with E-state index in [4.69, 9.17) is 14.2 Å². The summed E-state index contributed by atoms with van der Waals surface area (Å²) in [6.07, 6.45) is 0. The second-order valence-corrected chi connectivity index (χ2v) is 4.06. The Morgan fingerprint density at radius 1 is 1.25 bits per heavy atom. The van der Waals surface area contributed by atoms with Crippen molar-refractivity contribution in [3.8, 4) is 5.75 Å². The van der Waals surface area contributed by atoms with E-state index in [0.717, 1.165) is 12.1 Å². The molecule has 0 aliphatic carbocycles. The van der Waals surface area contributed by atoms with Crippen LogP contribution in [0.25, 0.3) is 0 Å². The zero-order chi connectivity index (χ0) is 14.1. The highest BCUT2D eigenvalue weighted by molar-refractivity contribution is 5.92. The quantitative estimate of drug-likeness (QED) is 0.586. The predicted octanol–water partition coefficient (Wildman–Crippen LogP) is 1.82. The van der Waals surface area contributed by atoms with Crippen molar-refractivity contribution >= 4 is 18.4 Å². The van der Waals surface area contributed by atoms with Gasteiger partial charge in [0.15, 0.2) is 0 Å². The molecule has 1 N–H and O–H groups in total. The van der Waals surface area contributed by atoms with Gasteiger partial charge < -0.3 is 19.5 Å². The first-order valence-corrected chi connectivity index (χ1v) is 6.23. The number of methoxy groups -OCH3 is 1. The molecule has 0 saturated heterocycles. The molecule has 1 rings (SSSR count). The van der Waals surface area contributed by atoms with E-state index in [1.165, 1.54) is 7.11 Å². The minimum atomic E-state index is -0.394. The van der Waals surface area contributed by atoms with E-state index in [0.29, 0.717) is 31.1 Å². The highest BCUT2D eigenvalue weighted by atomic mass is 35.5. The molecule has 0 aromatic heterocycles. The van der Waals surface area contributed by atoms with Crippen molar-refractivity contribution in [2.45, 2.75) is 6.92 Å². The van der Waals surface area contributed by atoms with Crippen LogP contribution in [0.15, 0.2) is 18.2 Å². The third-order valence-corrected chi connectivity index (χ3v) is 2.52. The third-order valence-electron chi connectivity index (χ3n) is 2.52. The first kappa shape index (κ1) is 18.7. The SMILES string of the molecule is CNCCOCCOc1ccc(C)cc1C(=O)OC.Cl. The van der Waals surface area contributed by atoms with Crippen LogP contribution < -0.4 is 10.1 Å². The van der Waals surface area contributed by atoms with Gasteiger partial charge in [0.25, 0.3) is 0 Å².